The molecule has 0 radical (unpaired) electrons. The van der Waals surface area contributed by atoms with E-state index in [1.807, 2.05) is 26.0 Å². The van der Waals surface area contributed by atoms with Gasteiger partial charge in [0.1, 0.15) is 6.54 Å². The highest BCUT2D eigenvalue weighted by Gasteiger charge is 2.21. The van der Waals surface area contributed by atoms with Gasteiger partial charge in [-0.2, -0.15) is 0 Å². The Labute approximate surface area is 113 Å². The summed E-state index contributed by atoms with van der Waals surface area (Å²) < 4.78 is 4.60. The first-order chi connectivity index (χ1) is 8.99. The van der Waals surface area contributed by atoms with Crippen LogP contribution >= 0.6 is 0 Å². The average Bonchev–Trinajstić information content (AvgIpc) is 2.43. The summed E-state index contributed by atoms with van der Waals surface area (Å²) in [7, 11) is 1.31. The van der Waals surface area contributed by atoms with Crippen molar-refractivity contribution in [2.75, 3.05) is 13.7 Å². The minimum atomic E-state index is -0.430. The van der Waals surface area contributed by atoms with Gasteiger partial charge in [0.05, 0.1) is 7.11 Å². The lowest BCUT2D eigenvalue weighted by Crippen LogP contribution is -2.41. The van der Waals surface area contributed by atoms with Crippen LogP contribution in [-0.2, 0) is 16.1 Å². The maximum atomic E-state index is 12.3. The third-order valence-corrected chi connectivity index (χ3v) is 2.85. The molecule has 0 saturated heterocycles. The summed E-state index contributed by atoms with van der Waals surface area (Å²) in [5, 5.41) is 0. The van der Waals surface area contributed by atoms with Gasteiger partial charge in [0.15, 0.2) is 0 Å². The Morgan fingerprint density at radius 1 is 1.26 bits per heavy atom. The largest absolute Gasteiger partial charge is 0.468 e. The smallest absolute Gasteiger partial charge is 0.325 e. The van der Waals surface area contributed by atoms with Crippen LogP contribution in [0.1, 0.15) is 29.8 Å². The van der Waals surface area contributed by atoms with E-state index in [2.05, 4.69) is 4.74 Å². The summed E-state index contributed by atoms with van der Waals surface area (Å²) in [4.78, 5) is 25.1. The topological polar surface area (TPSA) is 72.6 Å². The molecule has 0 aliphatic heterocycles. The second-order valence-corrected chi connectivity index (χ2v) is 4.50. The molecule has 0 bridgehead atoms. The second-order valence-electron chi connectivity index (χ2n) is 4.50. The van der Waals surface area contributed by atoms with Crippen molar-refractivity contribution < 1.29 is 14.3 Å². The highest BCUT2D eigenvalue weighted by atomic mass is 16.5. The van der Waals surface area contributed by atoms with Gasteiger partial charge in [-0.3, -0.25) is 9.59 Å². The Balaban J connectivity index is 2.89. The van der Waals surface area contributed by atoms with Gasteiger partial charge in [-0.1, -0.05) is 12.1 Å². The first kappa shape index (κ1) is 15.2. The lowest BCUT2D eigenvalue weighted by Gasteiger charge is -2.25. The predicted octanol–water partition coefficient (Wildman–Crippen LogP) is 1.17. The second kappa shape index (κ2) is 6.89. The van der Waals surface area contributed by atoms with E-state index in [4.69, 9.17) is 5.73 Å². The third kappa shape index (κ3) is 4.06. The number of hydrogen-bond acceptors (Lipinski definition) is 4. The quantitative estimate of drug-likeness (QED) is 0.810. The van der Waals surface area contributed by atoms with Crippen molar-refractivity contribution in [2.24, 2.45) is 5.73 Å². The Hall–Kier alpha value is -1.88. The van der Waals surface area contributed by atoms with Gasteiger partial charge in [0.2, 0.25) is 0 Å². The molecule has 104 valence electrons. The van der Waals surface area contributed by atoms with Gasteiger partial charge in [-0.05, 0) is 31.5 Å². The van der Waals surface area contributed by atoms with Crippen LogP contribution < -0.4 is 5.73 Å². The maximum Gasteiger partial charge on any atom is 0.325 e. The third-order valence-electron chi connectivity index (χ3n) is 2.85. The molecule has 1 aromatic carbocycles. The number of methoxy groups -OCH3 is 1. The fourth-order valence-corrected chi connectivity index (χ4v) is 1.64. The average molecular weight is 264 g/mol. The molecule has 0 aromatic heterocycles. The highest BCUT2D eigenvalue weighted by molar-refractivity contribution is 5.96. The molecule has 19 heavy (non-hydrogen) atoms. The molecule has 1 amide bonds. The molecule has 0 spiro atoms. The molecule has 2 N–H and O–H groups in total. The van der Waals surface area contributed by atoms with E-state index in [0.29, 0.717) is 12.1 Å². The fourth-order valence-electron chi connectivity index (χ4n) is 1.64. The Morgan fingerprint density at radius 2 is 1.84 bits per heavy atom. The molecule has 0 heterocycles. The number of benzene rings is 1. The van der Waals surface area contributed by atoms with Gasteiger partial charge in [0, 0.05) is 18.2 Å². The highest BCUT2D eigenvalue weighted by Crippen LogP contribution is 2.10. The summed E-state index contributed by atoms with van der Waals surface area (Å²) in [5.41, 5.74) is 7.01. The molecule has 0 aliphatic rings. The molecule has 0 aliphatic carbocycles. The summed E-state index contributed by atoms with van der Waals surface area (Å²) in [6.07, 6.45) is 0. The number of nitrogens with zero attached hydrogens (tertiary/aromatic N) is 1. The zero-order valence-electron chi connectivity index (χ0n) is 11.6. The minimum absolute atomic E-state index is 0.0500. The predicted molar refractivity (Wildman–Crippen MR) is 72.5 cm³/mol. The summed E-state index contributed by atoms with van der Waals surface area (Å²) in [5.74, 6) is -0.621. The van der Waals surface area contributed by atoms with Crippen LogP contribution in [0.5, 0.6) is 0 Å². The van der Waals surface area contributed by atoms with Gasteiger partial charge in [-0.15, -0.1) is 0 Å². The van der Waals surface area contributed by atoms with Crippen molar-refractivity contribution in [3.63, 3.8) is 0 Å². The number of amides is 1. The van der Waals surface area contributed by atoms with Crippen LogP contribution in [0.3, 0.4) is 0 Å². The molecule has 0 saturated carbocycles. The lowest BCUT2D eigenvalue weighted by atomic mass is 10.1. The van der Waals surface area contributed by atoms with E-state index >= 15 is 0 Å². The van der Waals surface area contributed by atoms with E-state index in [-0.39, 0.29) is 18.5 Å². The van der Waals surface area contributed by atoms with E-state index < -0.39 is 5.97 Å². The molecule has 1 aromatic rings. The van der Waals surface area contributed by atoms with Crippen LogP contribution in [0.15, 0.2) is 24.3 Å². The van der Waals surface area contributed by atoms with Crippen molar-refractivity contribution in [3.05, 3.63) is 35.4 Å². The fraction of sp³-hybridized carbons (Fsp3) is 0.429. The first-order valence-corrected chi connectivity index (χ1v) is 6.16. The number of carbonyl (C=O) groups is 2. The van der Waals surface area contributed by atoms with Crippen LogP contribution in [0, 0.1) is 0 Å². The number of nitrogens with two attached hydrogens (primary N) is 1. The van der Waals surface area contributed by atoms with Gasteiger partial charge in [-0.25, -0.2) is 0 Å². The monoisotopic (exact) mass is 264 g/mol. The molecule has 0 unspecified atom stereocenters. The Kier molecular flexibility index (Phi) is 5.51. The zero-order valence-corrected chi connectivity index (χ0v) is 11.6. The minimum Gasteiger partial charge on any atom is -0.468 e. The van der Waals surface area contributed by atoms with Gasteiger partial charge >= 0.3 is 5.97 Å². The number of carbonyl (C=O) groups excluding carboxylic acids is 2. The molecular weight excluding hydrogens is 244 g/mol. The maximum absolute atomic E-state index is 12.3. The van der Waals surface area contributed by atoms with Crippen LogP contribution in [0.4, 0.5) is 0 Å². The van der Waals surface area contributed by atoms with Crippen LogP contribution in [-0.4, -0.2) is 36.5 Å². The molecular formula is C14H20N2O3. The SMILES string of the molecule is COC(=O)CN(C(=O)c1ccc(CN)cc1)C(C)C. The standard InChI is InChI=1S/C14H20N2O3/c1-10(2)16(9-13(17)19-3)14(18)12-6-4-11(8-15)5-7-12/h4-7,10H,8-9,15H2,1-3H3. The summed E-state index contributed by atoms with van der Waals surface area (Å²) in [6.45, 7) is 4.10. The number of esters is 1. The van der Waals surface area contributed by atoms with Crippen molar-refractivity contribution in [1.82, 2.24) is 4.90 Å². The molecule has 0 fully saturated rings. The Bertz CT molecular complexity index is 441. The normalized spacial score (nSPS) is 10.4. The van der Waals surface area contributed by atoms with E-state index in [9.17, 15) is 9.59 Å². The number of ether oxygens (including phenoxy) is 1. The summed E-state index contributed by atoms with van der Waals surface area (Å²) >= 11 is 0. The number of hydrogen-bond donors (Lipinski definition) is 1. The zero-order chi connectivity index (χ0) is 14.4. The van der Waals surface area contributed by atoms with E-state index in [1.54, 1.807) is 12.1 Å². The molecule has 0 atom stereocenters. The lowest BCUT2D eigenvalue weighted by molar-refractivity contribution is -0.141. The van der Waals surface area contributed by atoms with Crippen molar-refractivity contribution in [3.8, 4) is 0 Å². The van der Waals surface area contributed by atoms with Crippen molar-refractivity contribution >= 4 is 11.9 Å². The van der Waals surface area contributed by atoms with Gasteiger partial charge < -0.3 is 15.4 Å². The van der Waals surface area contributed by atoms with Crippen molar-refractivity contribution in [1.29, 1.82) is 0 Å². The molecule has 5 heteroatoms. The van der Waals surface area contributed by atoms with E-state index in [1.165, 1.54) is 12.0 Å². The molecule has 5 nitrogen and oxygen atoms in total. The van der Waals surface area contributed by atoms with Crippen molar-refractivity contribution in [2.45, 2.75) is 26.4 Å². The summed E-state index contributed by atoms with van der Waals surface area (Å²) in [6, 6.07) is 6.98. The first-order valence-electron chi connectivity index (χ1n) is 6.16. The Morgan fingerprint density at radius 3 is 2.26 bits per heavy atom. The molecule has 1 rings (SSSR count). The van der Waals surface area contributed by atoms with E-state index in [0.717, 1.165) is 5.56 Å². The van der Waals surface area contributed by atoms with Crippen LogP contribution in [0.2, 0.25) is 0 Å². The van der Waals surface area contributed by atoms with Gasteiger partial charge in [0.25, 0.3) is 5.91 Å². The van der Waals surface area contributed by atoms with Crippen LogP contribution in [0.25, 0.3) is 0 Å². The number of rotatable bonds is 5.